The Morgan fingerprint density at radius 3 is 1.25 bits per heavy atom. The number of nitrogens with zero attached hydrogens (tertiary/aromatic N) is 4. The van der Waals surface area contributed by atoms with Crippen molar-refractivity contribution in [2.24, 2.45) is 0 Å². The predicted molar refractivity (Wildman–Crippen MR) is 282 cm³/mol. The smallest absolute Gasteiger partial charge is 0.444 e. The van der Waals surface area contributed by atoms with Gasteiger partial charge in [0.05, 0.1) is 24.2 Å². The third-order valence-corrected chi connectivity index (χ3v) is 13.2. The highest BCUT2D eigenvalue weighted by Crippen LogP contribution is 2.37. The number of hydrogen-bond acceptors (Lipinski definition) is 15. The number of nitrogens with one attached hydrogen (secondary N) is 1. The number of halogens is 12. The van der Waals surface area contributed by atoms with E-state index >= 15 is 0 Å². The first-order valence-electron chi connectivity index (χ1n) is 27.3. The van der Waals surface area contributed by atoms with Gasteiger partial charge in [0, 0.05) is 26.2 Å². The summed E-state index contributed by atoms with van der Waals surface area (Å²) in [4.78, 5) is 73.5. The summed E-state index contributed by atoms with van der Waals surface area (Å²) in [6, 6.07) is -5.29. The van der Waals surface area contributed by atoms with Crippen molar-refractivity contribution in [1.82, 2.24) is 24.9 Å². The summed E-state index contributed by atoms with van der Waals surface area (Å²) in [5.41, 5.74) is -2.80. The van der Waals surface area contributed by atoms with Crippen LogP contribution in [0.1, 0.15) is 147 Å². The van der Waals surface area contributed by atoms with Crippen molar-refractivity contribution in [2.75, 3.05) is 32.7 Å². The number of ketones is 1. The fourth-order valence-corrected chi connectivity index (χ4v) is 9.81. The molecule has 0 aromatic heterocycles. The number of rotatable bonds is 7. The number of carbonyl (C=O) groups excluding carboxylic acids is 6. The highest BCUT2D eigenvalue weighted by molar-refractivity contribution is 6.69. The summed E-state index contributed by atoms with van der Waals surface area (Å²) in [5, 5.41) is 29.0. The van der Waals surface area contributed by atoms with Gasteiger partial charge in [-0.2, -0.15) is 52.7 Å². The van der Waals surface area contributed by atoms with E-state index in [4.69, 9.17) is 33.6 Å². The molecule has 2 unspecified atom stereocenters. The van der Waals surface area contributed by atoms with Crippen molar-refractivity contribution < 1.29 is 120 Å². The summed E-state index contributed by atoms with van der Waals surface area (Å²) in [6.45, 7) is 27.0. The van der Waals surface area contributed by atoms with Gasteiger partial charge >= 0.3 is 49.1 Å². The Morgan fingerprint density at radius 2 is 0.893 bits per heavy atom. The average molecular weight is 1260 g/mol. The maximum absolute atomic E-state index is 13.4. The molecule has 0 saturated carbocycles. The molecular formula is C52H87F12N5O14Si. The van der Waals surface area contributed by atoms with Crippen LogP contribution in [0.15, 0.2) is 0 Å². The van der Waals surface area contributed by atoms with Crippen molar-refractivity contribution in [2.45, 2.75) is 262 Å². The monoisotopic (exact) mass is 1260 g/mol. The van der Waals surface area contributed by atoms with Crippen LogP contribution in [0.3, 0.4) is 0 Å². The van der Waals surface area contributed by atoms with E-state index in [1.807, 2.05) is 20.8 Å². The number of aliphatic hydroxyl groups is 3. The normalized spacial score (nSPS) is 22.6. The number of alkyl halides is 12. The number of aldehydes is 1. The summed E-state index contributed by atoms with van der Waals surface area (Å²) >= 11 is 0. The first kappa shape index (κ1) is 77.6. The van der Waals surface area contributed by atoms with Crippen LogP contribution >= 0.6 is 0 Å². The standard InChI is InChI=1S/C14H26F3NO3Si.C11H18F3NO3.C11H16F3NO3.C10H17NO3.C6H10F3NO2/c1-13(2,3)20-12(19)18-9-7-8-10(18)11(14(15,16)17)21-22(4,5)6;2*1-10(2,3)18-9(17)15-6-4-5-7(15)8(16)11(12,13)14;1-10(2,3)14-9(13)11-6-4-5-8(11)7-12;7-6(8,9)5(11,12)4-2-1-3-10-4/h10-11H,7-9H2,1-6H3;7-8,16H,4-6H2,1-3H3;7H,4-6H2,1-3H3;7-8H,4-6H2,1-3H3;4,10-12H,1-3H2/t10-,11?;7-,8?;7-;8-;4-/m00000/s1. The molecule has 4 N–H and O–H groups in total. The van der Waals surface area contributed by atoms with E-state index in [0.29, 0.717) is 38.8 Å². The quantitative estimate of drug-likeness (QED) is 0.0610. The van der Waals surface area contributed by atoms with Gasteiger partial charge in [0.1, 0.15) is 34.7 Å². The zero-order valence-electron chi connectivity index (χ0n) is 50.4. The topological polar surface area (TPSA) is 234 Å². The Hall–Kier alpha value is -4.40. The van der Waals surface area contributed by atoms with Crippen LogP contribution in [0.2, 0.25) is 19.6 Å². The van der Waals surface area contributed by atoms with E-state index < -0.39 is 122 Å². The predicted octanol–water partition coefficient (Wildman–Crippen LogP) is 10.6. The SMILES string of the molecule is CC(C)(C)OC(=O)N1CCC[C@H]1C(=O)C(F)(F)F.CC(C)(C)OC(=O)N1CCC[C@H]1C(O)C(F)(F)F.CC(C)(C)OC(=O)N1CCC[C@H]1C(O[Si](C)(C)C)C(F)(F)F.CC(C)(C)OC(=O)N1CCC[C@H]1C=O.OC(O)([C@@H]1CCCN1)C(F)(F)F. The molecule has 5 saturated heterocycles. The van der Waals surface area contributed by atoms with Gasteiger partial charge in [-0.3, -0.25) is 14.6 Å². The number of amides is 4. The van der Waals surface area contributed by atoms with E-state index in [1.165, 1.54) is 9.80 Å². The second-order valence-corrected chi connectivity index (χ2v) is 30.0. The second-order valence-electron chi connectivity index (χ2n) is 25.5. The van der Waals surface area contributed by atoms with Gasteiger partial charge in [-0.25, -0.2) is 19.2 Å². The molecule has 32 heteroatoms. The third-order valence-electron chi connectivity index (χ3n) is 12.2. The zero-order chi connectivity index (χ0) is 65.8. The molecule has 0 aromatic carbocycles. The van der Waals surface area contributed by atoms with Gasteiger partial charge in [0.25, 0.3) is 11.6 Å². The third kappa shape index (κ3) is 26.7. The molecule has 5 aliphatic heterocycles. The summed E-state index contributed by atoms with van der Waals surface area (Å²) in [7, 11) is -2.41. The molecule has 7 atom stereocenters. The molecule has 492 valence electrons. The van der Waals surface area contributed by atoms with Crippen LogP contribution in [0.4, 0.5) is 71.9 Å². The lowest BCUT2D eigenvalue weighted by Gasteiger charge is -2.37. The summed E-state index contributed by atoms with van der Waals surface area (Å²) < 4.78 is 176. The molecule has 5 heterocycles. The van der Waals surface area contributed by atoms with Gasteiger partial charge < -0.3 is 58.6 Å². The molecule has 0 aliphatic carbocycles. The molecule has 19 nitrogen and oxygen atoms in total. The molecule has 0 radical (unpaired) electrons. The number of aliphatic hydroxyl groups excluding tert-OH is 1. The van der Waals surface area contributed by atoms with E-state index in [0.717, 1.165) is 28.9 Å². The average Bonchev–Trinajstić information content (AvgIpc) is 4.23. The molecule has 0 bridgehead atoms. The van der Waals surface area contributed by atoms with Crippen molar-refractivity contribution >= 4 is 44.8 Å². The number of Topliss-reactive ketones (excluding diaryl/α,β-unsaturated/α-hetero) is 1. The fourth-order valence-electron chi connectivity index (χ4n) is 8.76. The number of carbonyl (C=O) groups is 6. The van der Waals surface area contributed by atoms with Crippen LogP contribution in [0.25, 0.3) is 0 Å². The molecule has 5 fully saturated rings. The van der Waals surface area contributed by atoms with E-state index in [2.05, 4.69) is 5.32 Å². The molecule has 0 aromatic rings. The van der Waals surface area contributed by atoms with E-state index in [-0.39, 0.29) is 57.5 Å². The lowest BCUT2D eigenvalue weighted by molar-refractivity contribution is -0.358. The lowest BCUT2D eigenvalue weighted by Crippen LogP contribution is -2.57. The summed E-state index contributed by atoms with van der Waals surface area (Å²) in [6.07, 6.45) is -21.5. The van der Waals surface area contributed by atoms with E-state index in [9.17, 15) is 86.6 Å². The minimum absolute atomic E-state index is 0.0254. The number of ether oxygens (including phenoxy) is 4. The van der Waals surface area contributed by atoms with Crippen LogP contribution in [-0.2, 0) is 33.0 Å². The lowest BCUT2D eigenvalue weighted by atomic mass is 10.1. The molecule has 4 amide bonds. The van der Waals surface area contributed by atoms with Gasteiger partial charge in [-0.05, 0) is 173 Å². The van der Waals surface area contributed by atoms with Crippen molar-refractivity contribution in [3.63, 3.8) is 0 Å². The fraction of sp³-hybridized carbons (Fsp3) is 0.885. The van der Waals surface area contributed by atoms with Crippen LogP contribution in [-0.4, -0.2) is 208 Å². The Labute approximate surface area is 483 Å². The maximum Gasteiger partial charge on any atom is 0.452 e. The van der Waals surface area contributed by atoms with Gasteiger partial charge in [-0.1, -0.05) is 0 Å². The van der Waals surface area contributed by atoms with E-state index in [1.54, 1.807) is 82.0 Å². The van der Waals surface area contributed by atoms with Crippen LogP contribution in [0, 0.1) is 0 Å². The molecule has 5 aliphatic rings. The highest BCUT2D eigenvalue weighted by Gasteiger charge is 2.59. The molecule has 84 heavy (non-hydrogen) atoms. The Kier molecular flexibility index (Phi) is 27.7. The first-order chi connectivity index (χ1) is 37.5. The van der Waals surface area contributed by atoms with Crippen molar-refractivity contribution in [3.8, 4) is 0 Å². The van der Waals surface area contributed by atoms with Gasteiger partial charge in [0.2, 0.25) is 0 Å². The van der Waals surface area contributed by atoms with Gasteiger partial charge in [-0.15, -0.1) is 0 Å². The number of hydrogen-bond donors (Lipinski definition) is 4. The van der Waals surface area contributed by atoms with Crippen LogP contribution < -0.4 is 5.32 Å². The Bertz CT molecular complexity index is 2130. The highest BCUT2D eigenvalue weighted by atomic mass is 28.4. The zero-order valence-corrected chi connectivity index (χ0v) is 51.4. The van der Waals surface area contributed by atoms with Crippen molar-refractivity contribution in [3.05, 3.63) is 0 Å². The van der Waals surface area contributed by atoms with Gasteiger partial charge in [0.15, 0.2) is 20.5 Å². The maximum atomic E-state index is 13.4. The minimum atomic E-state index is -4.99. The largest absolute Gasteiger partial charge is 0.452 e. The molecule has 5 rings (SSSR count). The first-order valence-corrected chi connectivity index (χ1v) is 30.7. The molecular weight excluding hydrogens is 1170 g/mol. The molecule has 0 spiro atoms. The Balaban J connectivity index is 0.000000532. The van der Waals surface area contributed by atoms with Crippen molar-refractivity contribution in [1.29, 1.82) is 0 Å². The van der Waals surface area contributed by atoms with Crippen LogP contribution in [0.5, 0.6) is 0 Å². The minimum Gasteiger partial charge on any atom is -0.444 e. The number of likely N-dealkylation sites (tertiary alicyclic amines) is 4. The second kappa shape index (κ2) is 30.0. The Morgan fingerprint density at radius 1 is 0.524 bits per heavy atom. The summed E-state index contributed by atoms with van der Waals surface area (Å²) in [5.74, 6) is -5.48.